The van der Waals surface area contributed by atoms with Crippen molar-refractivity contribution in [3.8, 4) is 11.5 Å². The van der Waals surface area contributed by atoms with Crippen molar-refractivity contribution in [2.45, 2.75) is 0 Å². The molecule has 1 aromatic carbocycles. The minimum atomic E-state index is -0.148. The number of aromatic hydroxyl groups is 1. The predicted molar refractivity (Wildman–Crippen MR) is 56.7 cm³/mol. The van der Waals surface area contributed by atoms with Crippen LogP contribution in [0.15, 0.2) is 60.1 Å². The van der Waals surface area contributed by atoms with Crippen molar-refractivity contribution >= 4 is 0 Å². The molecule has 0 heterocycles. The smallest absolute Gasteiger partial charge is 0.289 e. The van der Waals surface area contributed by atoms with E-state index < -0.39 is 0 Å². The number of allylic oxidation sites excluding steroid dienone is 5. The largest absolute Gasteiger partial charge is 0.508 e. The second kappa shape index (κ2) is 3.92. The average molecular weight is 202 g/mol. The van der Waals surface area contributed by atoms with Crippen molar-refractivity contribution in [1.29, 1.82) is 0 Å². The molecule has 0 amide bonds. The van der Waals surface area contributed by atoms with Crippen LogP contribution in [0.25, 0.3) is 0 Å². The first-order valence-corrected chi connectivity index (χ1v) is 4.50. The zero-order valence-electron chi connectivity index (χ0n) is 7.92. The fraction of sp³-hybridized carbons (Fsp3) is 0. The van der Waals surface area contributed by atoms with Gasteiger partial charge in [-0.1, -0.05) is 12.2 Å². The quantitative estimate of drug-likeness (QED) is 0.725. The molecule has 2 rings (SSSR count). The monoisotopic (exact) mass is 202 g/mol. The first kappa shape index (κ1) is 9.40. The van der Waals surface area contributed by atoms with Gasteiger partial charge in [-0.3, -0.25) is 0 Å². The van der Waals surface area contributed by atoms with Gasteiger partial charge in [0.15, 0.2) is 0 Å². The molecule has 0 aromatic heterocycles. The van der Waals surface area contributed by atoms with Crippen molar-refractivity contribution < 1.29 is 14.9 Å². The Morgan fingerprint density at radius 1 is 1.00 bits per heavy atom. The minimum Gasteiger partial charge on any atom is -0.508 e. The van der Waals surface area contributed by atoms with Crippen LogP contribution in [0, 0.1) is 0 Å². The van der Waals surface area contributed by atoms with E-state index in [1.165, 1.54) is 12.1 Å². The molecule has 0 fully saturated rings. The Morgan fingerprint density at radius 3 is 2.20 bits per heavy atom. The van der Waals surface area contributed by atoms with Gasteiger partial charge in [-0.2, -0.15) is 0 Å². The summed E-state index contributed by atoms with van der Waals surface area (Å²) in [6.45, 7) is 0. The van der Waals surface area contributed by atoms with Crippen LogP contribution < -0.4 is 4.74 Å². The molecule has 0 saturated carbocycles. The zero-order chi connectivity index (χ0) is 10.7. The van der Waals surface area contributed by atoms with E-state index in [0.717, 1.165) is 0 Å². The van der Waals surface area contributed by atoms with Crippen LogP contribution in [-0.4, -0.2) is 10.2 Å². The van der Waals surface area contributed by atoms with Crippen molar-refractivity contribution in [3.63, 3.8) is 0 Å². The van der Waals surface area contributed by atoms with E-state index in [-0.39, 0.29) is 11.7 Å². The molecule has 0 saturated heterocycles. The summed E-state index contributed by atoms with van der Waals surface area (Å²) in [6, 6.07) is 6.14. The van der Waals surface area contributed by atoms with Crippen molar-refractivity contribution in [2.24, 2.45) is 0 Å². The Morgan fingerprint density at radius 2 is 1.60 bits per heavy atom. The highest BCUT2D eigenvalue weighted by molar-refractivity contribution is 5.41. The number of aliphatic hydroxyl groups excluding tert-OH is 1. The summed E-state index contributed by atoms with van der Waals surface area (Å²) in [5, 5.41) is 18.6. The molecule has 3 nitrogen and oxygen atoms in total. The van der Waals surface area contributed by atoms with Crippen molar-refractivity contribution in [1.82, 2.24) is 0 Å². The van der Waals surface area contributed by atoms with Crippen molar-refractivity contribution in [2.75, 3.05) is 0 Å². The van der Waals surface area contributed by atoms with Crippen LogP contribution in [0.1, 0.15) is 0 Å². The molecule has 0 unspecified atom stereocenters. The van der Waals surface area contributed by atoms with Crippen LogP contribution in [-0.2, 0) is 0 Å². The van der Waals surface area contributed by atoms with E-state index in [9.17, 15) is 5.11 Å². The summed E-state index contributed by atoms with van der Waals surface area (Å²) in [7, 11) is 0. The van der Waals surface area contributed by atoms with Gasteiger partial charge < -0.3 is 14.9 Å². The lowest BCUT2D eigenvalue weighted by atomic mass is 10.3. The molecule has 1 aliphatic carbocycles. The lowest BCUT2D eigenvalue weighted by Gasteiger charge is -2.05. The number of phenols is 1. The molecule has 0 aliphatic heterocycles. The molecule has 2 N–H and O–H groups in total. The maximum absolute atomic E-state index is 9.56. The number of hydrogen-bond donors (Lipinski definition) is 2. The summed E-state index contributed by atoms with van der Waals surface area (Å²) >= 11 is 0. The Balaban J connectivity index is 2.15. The Kier molecular flexibility index (Phi) is 2.46. The van der Waals surface area contributed by atoms with Gasteiger partial charge in [0.25, 0.3) is 5.95 Å². The van der Waals surface area contributed by atoms with Gasteiger partial charge in [-0.25, -0.2) is 0 Å². The number of hydrogen-bond acceptors (Lipinski definition) is 3. The molecule has 0 radical (unpaired) electrons. The average Bonchev–Trinajstić information content (AvgIpc) is 2.74. The lowest BCUT2D eigenvalue weighted by Crippen LogP contribution is -1.96. The molecule has 15 heavy (non-hydrogen) atoms. The number of ether oxygens (including phenoxy) is 1. The van der Waals surface area contributed by atoms with Gasteiger partial charge >= 0.3 is 0 Å². The first-order valence-electron chi connectivity index (χ1n) is 4.50. The second-order valence-electron chi connectivity index (χ2n) is 3.07. The highest BCUT2D eigenvalue weighted by atomic mass is 16.6. The summed E-state index contributed by atoms with van der Waals surface area (Å²) in [4.78, 5) is 0. The first-order chi connectivity index (χ1) is 7.25. The van der Waals surface area contributed by atoms with E-state index in [1.807, 2.05) is 12.2 Å². The third kappa shape index (κ3) is 2.20. The molecule has 1 aliphatic rings. The van der Waals surface area contributed by atoms with Gasteiger partial charge in [0.05, 0.1) is 5.57 Å². The van der Waals surface area contributed by atoms with Crippen LogP contribution >= 0.6 is 0 Å². The van der Waals surface area contributed by atoms with Crippen LogP contribution in [0.3, 0.4) is 0 Å². The van der Waals surface area contributed by atoms with E-state index in [2.05, 4.69) is 0 Å². The maximum atomic E-state index is 9.56. The summed E-state index contributed by atoms with van der Waals surface area (Å²) in [5.74, 6) is 0.493. The topological polar surface area (TPSA) is 49.7 Å². The normalized spacial score (nSPS) is 13.2. The number of aliphatic hydroxyl groups is 1. The van der Waals surface area contributed by atoms with E-state index in [4.69, 9.17) is 9.84 Å². The molecular formula is C12H10O3. The number of phenolic OH excluding ortho intramolecular Hbond substituents is 1. The van der Waals surface area contributed by atoms with E-state index in [0.29, 0.717) is 11.3 Å². The minimum absolute atomic E-state index is 0.148. The van der Waals surface area contributed by atoms with Gasteiger partial charge in [-0.15, -0.1) is 0 Å². The molecule has 3 heteroatoms. The second-order valence-corrected chi connectivity index (χ2v) is 3.07. The Labute approximate surface area is 87.2 Å². The molecule has 0 atom stereocenters. The zero-order valence-corrected chi connectivity index (χ0v) is 7.92. The maximum Gasteiger partial charge on any atom is 0.289 e. The van der Waals surface area contributed by atoms with E-state index >= 15 is 0 Å². The summed E-state index contributed by atoms with van der Waals surface area (Å²) < 4.78 is 5.17. The van der Waals surface area contributed by atoms with Crippen LogP contribution in [0.5, 0.6) is 11.5 Å². The lowest BCUT2D eigenvalue weighted by molar-refractivity contribution is 0.206. The molecule has 0 bridgehead atoms. The highest BCUT2D eigenvalue weighted by Gasteiger charge is 2.04. The fourth-order valence-corrected chi connectivity index (χ4v) is 1.20. The highest BCUT2D eigenvalue weighted by Crippen LogP contribution is 2.20. The SMILES string of the molecule is OC(Oc1ccc(O)cc1)=C1C=CC=C1. The van der Waals surface area contributed by atoms with Gasteiger partial charge in [0.1, 0.15) is 11.5 Å². The Bertz CT molecular complexity index is 424. The number of benzene rings is 1. The third-order valence-electron chi connectivity index (χ3n) is 1.96. The molecule has 0 spiro atoms. The van der Waals surface area contributed by atoms with Crippen molar-refractivity contribution in [3.05, 3.63) is 60.1 Å². The fourth-order valence-electron chi connectivity index (χ4n) is 1.20. The predicted octanol–water partition coefficient (Wildman–Crippen LogP) is 2.67. The van der Waals surface area contributed by atoms with Crippen LogP contribution in [0.2, 0.25) is 0 Å². The third-order valence-corrected chi connectivity index (χ3v) is 1.96. The molecule has 76 valence electrons. The van der Waals surface area contributed by atoms with E-state index in [1.54, 1.807) is 24.3 Å². The van der Waals surface area contributed by atoms with Gasteiger partial charge in [0.2, 0.25) is 0 Å². The van der Waals surface area contributed by atoms with Gasteiger partial charge in [0, 0.05) is 0 Å². The van der Waals surface area contributed by atoms with Gasteiger partial charge in [-0.05, 0) is 36.4 Å². The molecule has 1 aromatic rings. The molecular weight excluding hydrogens is 192 g/mol. The summed E-state index contributed by atoms with van der Waals surface area (Å²) in [5.41, 5.74) is 0.628. The van der Waals surface area contributed by atoms with Crippen LogP contribution in [0.4, 0.5) is 0 Å². The number of rotatable bonds is 2. The Hall–Kier alpha value is -2.16. The standard InChI is InChI=1S/C12H10O3/c13-10-5-7-11(8-6-10)15-12(14)9-3-1-2-4-9/h1-8,13-14H. The summed E-state index contributed by atoms with van der Waals surface area (Å²) in [6.07, 6.45) is 7.11.